The summed E-state index contributed by atoms with van der Waals surface area (Å²) in [5, 5.41) is 0. The van der Waals surface area contributed by atoms with E-state index in [4.69, 9.17) is 0 Å². The van der Waals surface area contributed by atoms with Crippen molar-refractivity contribution in [3.05, 3.63) is 11.3 Å². The second-order valence-corrected chi connectivity index (χ2v) is 2.79. The molecule has 1 aliphatic rings. The van der Waals surface area contributed by atoms with Gasteiger partial charge >= 0.3 is 0 Å². The molecule has 0 radical (unpaired) electrons. The molecule has 0 aromatic carbocycles. The molecule has 0 N–H and O–H groups in total. The summed E-state index contributed by atoms with van der Waals surface area (Å²) in [4.78, 5) is 6.53. The van der Waals surface area contributed by atoms with E-state index < -0.39 is 0 Å². The van der Waals surface area contributed by atoms with E-state index in [0.717, 1.165) is 13.1 Å². The van der Waals surface area contributed by atoms with Gasteiger partial charge in [-0.05, 0) is 26.5 Å². The summed E-state index contributed by atoms with van der Waals surface area (Å²) < 4.78 is 0. The van der Waals surface area contributed by atoms with Crippen molar-refractivity contribution in [2.24, 2.45) is 4.99 Å². The van der Waals surface area contributed by atoms with E-state index in [1.807, 2.05) is 13.1 Å². The molecule has 2 nitrogen and oxygen atoms in total. The molecule has 10 heavy (non-hydrogen) atoms. The average Bonchev–Trinajstić information content (AvgIpc) is 2.13. The van der Waals surface area contributed by atoms with Crippen LogP contribution in [0.3, 0.4) is 0 Å². The van der Waals surface area contributed by atoms with Gasteiger partial charge < -0.3 is 0 Å². The molecule has 0 aromatic rings. The van der Waals surface area contributed by atoms with Crippen LogP contribution in [0.15, 0.2) is 16.3 Å². The van der Waals surface area contributed by atoms with Gasteiger partial charge in [-0.1, -0.05) is 0 Å². The van der Waals surface area contributed by atoms with Gasteiger partial charge in [-0.2, -0.15) is 0 Å². The summed E-state index contributed by atoms with van der Waals surface area (Å²) in [5.74, 6) is 0. The summed E-state index contributed by atoms with van der Waals surface area (Å²) in [7, 11) is 2.11. The van der Waals surface area contributed by atoms with Crippen LogP contribution in [0.5, 0.6) is 0 Å². The van der Waals surface area contributed by atoms with Crippen LogP contribution in [0, 0.1) is 0 Å². The third kappa shape index (κ3) is 1.45. The Labute approximate surface area is 62.3 Å². The molecule has 56 valence electrons. The number of aliphatic imine (C=N–C) groups is 1. The first-order valence-electron chi connectivity index (χ1n) is 3.60. The van der Waals surface area contributed by atoms with E-state index in [9.17, 15) is 0 Å². The van der Waals surface area contributed by atoms with Crippen LogP contribution in [-0.2, 0) is 0 Å². The normalized spacial score (nSPS) is 21.5. The molecule has 0 unspecified atom stereocenters. The van der Waals surface area contributed by atoms with Crippen LogP contribution in [0.1, 0.15) is 13.8 Å². The third-order valence-corrected chi connectivity index (χ3v) is 1.70. The topological polar surface area (TPSA) is 15.6 Å². The monoisotopic (exact) mass is 138 g/mol. The van der Waals surface area contributed by atoms with Crippen LogP contribution in [-0.4, -0.2) is 31.3 Å². The molecule has 0 aromatic heterocycles. The SMILES string of the molecule is CC=NC1=C(C)CN(C)C1. The van der Waals surface area contributed by atoms with Gasteiger partial charge in [0.25, 0.3) is 0 Å². The predicted octanol–water partition coefficient (Wildman–Crippen LogP) is 1.30. The molecule has 0 spiro atoms. The second kappa shape index (κ2) is 2.97. The van der Waals surface area contributed by atoms with Crippen molar-refractivity contribution in [2.45, 2.75) is 13.8 Å². The maximum absolute atomic E-state index is 4.27. The maximum Gasteiger partial charge on any atom is 0.0541 e. The molecule has 0 fully saturated rings. The van der Waals surface area contributed by atoms with Crippen molar-refractivity contribution in [3.8, 4) is 0 Å². The minimum absolute atomic E-state index is 1.01. The number of likely N-dealkylation sites (N-methyl/N-ethyl adjacent to an activating group) is 1. The zero-order valence-corrected chi connectivity index (χ0v) is 6.89. The molecule has 2 heteroatoms. The Balaban J connectivity index is 2.66. The first-order chi connectivity index (χ1) is 4.74. The lowest BCUT2D eigenvalue weighted by Crippen LogP contribution is -2.14. The highest BCUT2D eigenvalue weighted by Crippen LogP contribution is 2.15. The van der Waals surface area contributed by atoms with Gasteiger partial charge in [-0.3, -0.25) is 9.89 Å². The first kappa shape index (κ1) is 7.48. The minimum atomic E-state index is 1.01. The van der Waals surface area contributed by atoms with Gasteiger partial charge in [0, 0.05) is 19.3 Å². The highest BCUT2D eigenvalue weighted by molar-refractivity contribution is 5.56. The predicted molar refractivity (Wildman–Crippen MR) is 44.4 cm³/mol. The zero-order valence-electron chi connectivity index (χ0n) is 6.89. The quantitative estimate of drug-likeness (QED) is 0.499. The Morgan fingerprint density at radius 3 is 2.60 bits per heavy atom. The van der Waals surface area contributed by atoms with Crippen molar-refractivity contribution in [1.82, 2.24) is 4.90 Å². The largest absolute Gasteiger partial charge is 0.297 e. The number of hydrogen-bond acceptors (Lipinski definition) is 2. The molecule has 1 rings (SSSR count). The van der Waals surface area contributed by atoms with E-state index in [-0.39, 0.29) is 0 Å². The summed E-state index contributed by atoms with van der Waals surface area (Å²) in [6.07, 6.45) is 1.86. The maximum atomic E-state index is 4.27. The molecule has 1 aliphatic heterocycles. The standard InChI is InChI=1S/C8H14N2/c1-4-9-8-6-10(3)5-7(8)2/h4H,5-6H2,1-3H3. The van der Waals surface area contributed by atoms with Crippen LogP contribution >= 0.6 is 0 Å². The van der Waals surface area contributed by atoms with Crippen LogP contribution in [0.4, 0.5) is 0 Å². The Hall–Kier alpha value is -0.630. The average molecular weight is 138 g/mol. The Bertz CT molecular complexity index is 180. The fourth-order valence-corrected chi connectivity index (χ4v) is 1.25. The molecule has 0 aliphatic carbocycles. The molecule has 0 bridgehead atoms. The lowest BCUT2D eigenvalue weighted by molar-refractivity contribution is 0.424. The van der Waals surface area contributed by atoms with Gasteiger partial charge in [0.15, 0.2) is 0 Å². The van der Waals surface area contributed by atoms with Crippen molar-refractivity contribution >= 4 is 6.21 Å². The van der Waals surface area contributed by atoms with E-state index in [2.05, 4.69) is 23.9 Å². The lowest BCUT2D eigenvalue weighted by Gasteiger charge is -2.04. The molecular weight excluding hydrogens is 124 g/mol. The lowest BCUT2D eigenvalue weighted by atomic mass is 10.3. The van der Waals surface area contributed by atoms with E-state index in [1.165, 1.54) is 11.3 Å². The highest BCUT2D eigenvalue weighted by atomic mass is 15.1. The van der Waals surface area contributed by atoms with Crippen molar-refractivity contribution in [1.29, 1.82) is 0 Å². The summed E-state index contributed by atoms with van der Waals surface area (Å²) in [6.45, 7) is 6.19. The Morgan fingerprint density at radius 2 is 2.20 bits per heavy atom. The first-order valence-corrected chi connectivity index (χ1v) is 3.60. The van der Waals surface area contributed by atoms with Crippen molar-refractivity contribution in [3.63, 3.8) is 0 Å². The van der Waals surface area contributed by atoms with Gasteiger partial charge in [0.1, 0.15) is 0 Å². The third-order valence-electron chi connectivity index (χ3n) is 1.70. The fraction of sp³-hybridized carbons (Fsp3) is 0.625. The van der Waals surface area contributed by atoms with E-state index in [1.54, 1.807) is 0 Å². The molecule has 0 saturated carbocycles. The molecule has 0 amide bonds. The molecule has 1 heterocycles. The van der Waals surface area contributed by atoms with Gasteiger partial charge in [0.2, 0.25) is 0 Å². The minimum Gasteiger partial charge on any atom is -0.297 e. The molecule has 0 saturated heterocycles. The van der Waals surface area contributed by atoms with E-state index >= 15 is 0 Å². The van der Waals surface area contributed by atoms with Crippen LogP contribution in [0.25, 0.3) is 0 Å². The number of nitrogens with zero attached hydrogens (tertiary/aromatic N) is 2. The molecular formula is C8H14N2. The summed E-state index contributed by atoms with van der Waals surface area (Å²) >= 11 is 0. The second-order valence-electron chi connectivity index (χ2n) is 2.79. The molecule has 0 atom stereocenters. The van der Waals surface area contributed by atoms with Gasteiger partial charge in [-0.15, -0.1) is 0 Å². The highest BCUT2D eigenvalue weighted by Gasteiger charge is 2.13. The zero-order chi connectivity index (χ0) is 7.56. The number of hydrogen-bond donors (Lipinski definition) is 0. The van der Waals surface area contributed by atoms with Gasteiger partial charge in [-0.25, -0.2) is 0 Å². The summed E-state index contributed by atoms with van der Waals surface area (Å²) in [6, 6.07) is 0. The summed E-state index contributed by atoms with van der Waals surface area (Å²) in [5.41, 5.74) is 2.64. The van der Waals surface area contributed by atoms with Crippen LogP contribution in [0.2, 0.25) is 0 Å². The smallest absolute Gasteiger partial charge is 0.0541 e. The van der Waals surface area contributed by atoms with Crippen molar-refractivity contribution in [2.75, 3.05) is 20.1 Å². The number of rotatable bonds is 1. The van der Waals surface area contributed by atoms with Crippen molar-refractivity contribution < 1.29 is 0 Å². The fourth-order valence-electron chi connectivity index (χ4n) is 1.25. The van der Waals surface area contributed by atoms with Gasteiger partial charge in [0.05, 0.1) is 5.70 Å². The Morgan fingerprint density at radius 1 is 1.50 bits per heavy atom. The van der Waals surface area contributed by atoms with Crippen LogP contribution < -0.4 is 0 Å². The van der Waals surface area contributed by atoms with E-state index in [0.29, 0.717) is 0 Å². The Kier molecular flexibility index (Phi) is 2.22.